The Bertz CT molecular complexity index is 977. The number of hydrogen-bond donors (Lipinski definition) is 1. The van der Waals surface area contributed by atoms with Gasteiger partial charge in [0.15, 0.2) is 5.76 Å². The van der Waals surface area contributed by atoms with Crippen LogP contribution < -0.4 is 5.32 Å². The highest BCUT2D eigenvalue weighted by Crippen LogP contribution is 2.35. The molecule has 0 spiro atoms. The average molecular weight is 389 g/mol. The predicted octanol–water partition coefficient (Wildman–Crippen LogP) is 4.90. The van der Waals surface area contributed by atoms with E-state index in [4.69, 9.17) is 14.3 Å². The van der Waals surface area contributed by atoms with Crippen LogP contribution >= 0.6 is 0 Å². The van der Waals surface area contributed by atoms with Crippen LogP contribution in [-0.2, 0) is 4.74 Å². The van der Waals surface area contributed by atoms with Crippen molar-refractivity contribution in [2.24, 2.45) is 16.9 Å². The van der Waals surface area contributed by atoms with Crippen LogP contribution in [-0.4, -0.2) is 30.6 Å². The van der Waals surface area contributed by atoms with Crippen molar-refractivity contribution in [3.05, 3.63) is 66.1 Å². The van der Waals surface area contributed by atoms with Gasteiger partial charge in [-0.2, -0.15) is 0 Å². The van der Waals surface area contributed by atoms with Gasteiger partial charge in [0.25, 0.3) is 0 Å². The second-order valence-electron chi connectivity index (χ2n) is 8.12. The third kappa shape index (κ3) is 4.15. The number of rotatable bonds is 6. The topological polar surface area (TPSA) is 50.0 Å². The maximum atomic E-state index is 6.16. The quantitative estimate of drug-likeness (QED) is 0.714. The van der Waals surface area contributed by atoms with E-state index in [1.54, 1.807) is 0 Å². The van der Waals surface area contributed by atoms with Crippen molar-refractivity contribution in [2.45, 2.75) is 26.2 Å². The van der Waals surface area contributed by atoms with Crippen molar-refractivity contribution in [1.29, 1.82) is 0 Å². The fourth-order valence-corrected chi connectivity index (χ4v) is 3.71. The van der Waals surface area contributed by atoms with Crippen LogP contribution in [0.2, 0.25) is 0 Å². The third-order valence-electron chi connectivity index (χ3n) is 5.55. The number of para-hydroxylation sites is 1. The molecule has 2 aliphatic heterocycles. The Balaban J connectivity index is 1.36. The van der Waals surface area contributed by atoms with Gasteiger partial charge in [0, 0.05) is 18.0 Å². The molecular weight excluding hydrogens is 362 g/mol. The zero-order chi connectivity index (χ0) is 19.6. The van der Waals surface area contributed by atoms with Crippen molar-refractivity contribution >= 4 is 22.6 Å². The van der Waals surface area contributed by atoms with Crippen molar-refractivity contribution in [3.8, 4) is 0 Å². The normalized spacial score (nSPS) is 21.3. The summed E-state index contributed by atoms with van der Waals surface area (Å²) in [7, 11) is 0. The lowest BCUT2D eigenvalue weighted by Crippen LogP contribution is -2.25. The van der Waals surface area contributed by atoms with E-state index in [1.807, 2.05) is 29.3 Å². The van der Waals surface area contributed by atoms with Crippen LogP contribution in [0.4, 0.5) is 0 Å². The minimum Gasteiger partial charge on any atom is -0.475 e. The summed E-state index contributed by atoms with van der Waals surface area (Å²) in [5.41, 5.74) is 2.91. The van der Waals surface area contributed by atoms with Gasteiger partial charge in [0.1, 0.15) is 17.9 Å². The van der Waals surface area contributed by atoms with E-state index in [2.05, 4.69) is 42.6 Å². The highest BCUT2D eigenvalue weighted by molar-refractivity contribution is 5.90. The van der Waals surface area contributed by atoms with Crippen LogP contribution in [0.15, 0.2) is 69.9 Å². The first-order valence-electron chi connectivity index (χ1n) is 10.6. The minimum atomic E-state index is 0.399. The van der Waals surface area contributed by atoms with Gasteiger partial charge in [-0.05, 0) is 55.9 Å². The molecule has 0 saturated heterocycles. The molecule has 5 nitrogen and oxygen atoms in total. The summed E-state index contributed by atoms with van der Waals surface area (Å²) in [6.45, 7) is 4.77. The number of allylic oxidation sites excluding steroid dienone is 3. The molecule has 1 unspecified atom stereocenters. The molecule has 1 N–H and O–H groups in total. The van der Waals surface area contributed by atoms with Crippen molar-refractivity contribution in [3.63, 3.8) is 0 Å². The summed E-state index contributed by atoms with van der Waals surface area (Å²) >= 11 is 0. The third-order valence-corrected chi connectivity index (χ3v) is 5.55. The van der Waals surface area contributed by atoms with Gasteiger partial charge in [-0.25, -0.2) is 5.01 Å². The van der Waals surface area contributed by atoms with Gasteiger partial charge in [-0.15, -0.1) is 5.10 Å². The maximum absolute atomic E-state index is 6.16. The maximum Gasteiger partial charge on any atom is 0.231 e. The fourth-order valence-electron chi connectivity index (χ4n) is 3.71. The summed E-state index contributed by atoms with van der Waals surface area (Å²) < 4.78 is 12.1. The molecule has 0 amide bonds. The first kappa shape index (κ1) is 18.3. The first-order chi connectivity index (χ1) is 14.3. The van der Waals surface area contributed by atoms with E-state index in [-0.39, 0.29) is 0 Å². The molecule has 29 heavy (non-hydrogen) atoms. The van der Waals surface area contributed by atoms with Crippen LogP contribution in [0.5, 0.6) is 0 Å². The number of hydrogen-bond acceptors (Lipinski definition) is 5. The summed E-state index contributed by atoms with van der Waals surface area (Å²) in [4.78, 5) is 0. The second kappa shape index (κ2) is 7.91. The fraction of sp³-hybridized carbons (Fsp3) is 0.375. The molecule has 2 aromatic rings. The largest absolute Gasteiger partial charge is 0.475 e. The van der Waals surface area contributed by atoms with Crippen molar-refractivity contribution in [1.82, 2.24) is 10.3 Å². The van der Waals surface area contributed by atoms with E-state index >= 15 is 0 Å². The molecule has 1 saturated carbocycles. The Labute approximate surface area is 171 Å². The average Bonchev–Trinajstić information content (AvgIpc) is 3.49. The number of fused-ring (bicyclic) bond motifs is 2. The van der Waals surface area contributed by atoms with Gasteiger partial charge in [-0.1, -0.05) is 37.3 Å². The van der Waals surface area contributed by atoms with Crippen LogP contribution in [0.25, 0.3) is 16.7 Å². The SMILES string of the molecule is CC1C=C(c2cc3ccccc3o2)N2N=C(OCCNCC3CC3)C=CC2=CC1. The van der Waals surface area contributed by atoms with Crippen molar-refractivity contribution < 1.29 is 9.15 Å². The zero-order valence-electron chi connectivity index (χ0n) is 16.8. The number of hydrazone groups is 1. The number of nitrogens with zero attached hydrogens (tertiary/aromatic N) is 2. The van der Waals surface area contributed by atoms with Crippen LogP contribution in [0.1, 0.15) is 31.9 Å². The summed E-state index contributed by atoms with van der Waals surface area (Å²) in [6, 6.07) is 10.2. The lowest BCUT2D eigenvalue weighted by molar-refractivity contribution is 0.292. The van der Waals surface area contributed by atoms with E-state index < -0.39 is 0 Å². The summed E-state index contributed by atoms with van der Waals surface area (Å²) in [6.07, 6.45) is 12.2. The first-order valence-corrected chi connectivity index (χ1v) is 10.6. The van der Waals surface area contributed by atoms with Crippen LogP contribution in [0.3, 0.4) is 0 Å². The van der Waals surface area contributed by atoms with E-state index in [0.717, 1.165) is 53.6 Å². The Kier molecular flexibility index (Phi) is 4.98. The summed E-state index contributed by atoms with van der Waals surface area (Å²) in [5, 5.41) is 11.3. The molecule has 1 aliphatic carbocycles. The van der Waals surface area contributed by atoms with Gasteiger partial charge in [-0.3, -0.25) is 0 Å². The minimum absolute atomic E-state index is 0.399. The molecule has 5 rings (SSSR count). The lowest BCUT2D eigenvalue weighted by atomic mass is 10.1. The highest BCUT2D eigenvalue weighted by atomic mass is 16.5. The molecule has 5 heteroatoms. The van der Waals surface area contributed by atoms with Crippen molar-refractivity contribution in [2.75, 3.05) is 19.7 Å². The molecule has 3 aliphatic rings. The monoisotopic (exact) mass is 389 g/mol. The van der Waals surface area contributed by atoms with Crippen LogP contribution in [0, 0.1) is 11.8 Å². The Morgan fingerprint density at radius 2 is 2.14 bits per heavy atom. The number of benzene rings is 1. The Morgan fingerprint density at radius 3 is 3.00 bits per heavy atom. The smallest absolute Gasteiger partial charge is 0.231 e. The van der Waals surface area contributed by atoms with Gasteiger partial charge in [0.05, 0.1) is 5.70 Å². The molecular formula is C24H27N3O2. The molecule has 1 aromatic heterocycles. The summed E-state index contributed by atoms with van der Waals surface area (Å²) in [5.74, 6) is 2.74. The number of furan rings is 1. The van der Waals surface area contributed by atoms with E-state index in [0.29, 0.717) is 18.4 Å². The molecule has 150 valence electrons. The Hall–Kier alpha value is -2.79. The Morgan fingerprint density at radius 1 is 1.24 bits per heavy atom. The highest BCUT2D eigenvalue weighted by Gasteiger charge is 2.25. The molecule has 1 fully saturated rings. The molecule has 0 bridgehead atoms. The number of nitrogens with one attached hydrogen (secondary N) is 1. The van der Waals surface area contributed by atoms with Gasteiger partial charge in [0.2, 0.25) is 5.90 Å². The molecule has 3 heterocycles. The van der Waals surface area contributed by atoms with Gasteiger partial charge >= 0.3 is 0 Å². The van der Waals surface area contributed by atoms with E-state index in [9.17, 15) is 0 Å². The number of ether oxygens (including phenoxy) is 1. The predicted molar refractivity (Wildman–Crippen MR) is 116 cm³/mol. The van der Waals surface area contributed by atoms with Gasteiger partial charge < -0.3 is 14.5 Å². The second-order valence-corrected chi connectivity index (χ2v) is 8.12. The van der Waals surface area contributed by atoms with E-state index in [1.165, 1.54) is 12.8 Å². The standard InChI is InChI=1S/C24H27N3O2/c1-17-6-9-20-10-11-24(28-13-12-25-16-18-7-8-18)26-27(20)21(14-17)23-15-19-4-2-3-5-22(19)29-23/h2-5,9-11,14-15,17-18,25H,6-8,12-13,16H2,1H3. The molecule has 1 atom stereocenters. The lowest BCUT2D eigenvalue weighted by Gasteiger charge is -2.25. The zero-order valence-corrected chi connectivity index (χ0v) is 16.8. The molecule has 1 aromatic carbocycles. The molecule has 0 radical (unpaired) electrons.